The van der Waals surface area contributed by atoms with Gasteiger partial charge < -0.3 is 25.2 Å². The molecule has 0 radical (unpaired) electrons. The van der Waals surface area contributed by atoms with Gasteiger partial charge in [-0.05, 0) is 48.4 Å². The molecule has 3 aromatic carbocycles. The van der Waals surface area contributed by atoms with Gasteiger partial charge in [0.25, 0.3) is 11.8 Å². The Hall–Kier alpha value is -4.59. The van der Waals surface area contributed by atoms with Crippen LogP contribution in [-0.2, 0) is 16.0 Å². The summed E-state index contributed by atoms with van der Waals surface area (Å²) in [5.74, 6) is -1.33. The van der Waals surface area contributed by atoms with Crippen molar-refractivity contribution in [1.82, 2.24) is 10.6 Å². The van der Waals surface area contributed by atoms with Crippen molar-refractivity contribution in [2.75, 3.05) is 6.79 Å². The second-order valence-corrected chi connectivity index (χ2v) is 8.04. The van der Waals surface area contributed by atoms with Gasteiger partial charge in [0.2, 0.25) is 6.79 Å². The number of benzene rings is 3. The first kappa shape index (κ1) is 23.6. The number of aryl methyl sites for hydroxylation is 1. The molecule has 0 aliphatic carbocycles. The number of rotatable bonds is 8. The van der Waals surface area contributed by atoms with Gasteiger partial charge in [0.1, 0.15) is 11.7 Å². The number of carboxylic acids is 1. The molecule has 8 heteroatoms. The van der Waals surface area contributed by atoms with E-state index < -0.39 is 23.8 Å². The van der Waals surface area contributed by atoms with Gasteiger partial charge in [0, 0.05) is 12.0 Å². The summed E-state index contributed by atoms with van der Waals surface area (Å²) < 4.78 is 10.7. The Morgan fingerprint density at radius 3 is 2.40 bits per heavy atom. The summed E-state index contributed by atoms with van der Waals surface area (Å²) in [4.78, 5) is 37.9. The summed E-state index contributed by atoms with van der Waals surface area (Å²) >= 11 is 0. The fourth-order valence-electron chi connectivity index (χ4n) is 3.51. The Morgan fingerprint density at radius 2 is 1.69 bits per heavy atom. The fraction of sp³-hybridized carbons (Fsp3) is 0.148. The smallest absolute Gasteiger partial charge is 0.326 e. The van der Waals surface area contributed by atoms with Gasteiger partial charge in [0.05, 0.1) is 0 Å². The molecule has 3 aromatic rings. The predicted molar refractivity (Wildman–Crippen MR) is 129 cm³/mol. The van der Waals surface area contributed by atoms with Gasteiger partial charge in [-0.3, -0.25) is 9.59 Å². The molecule has 3 N–H and O–H groups in total. The van der Waals surface area contributed by atoms with Gasteiger partial charge in [-0.25, -0.2) is 4.79 Å². The summed E-state index contributed by atoms with van der Waals surface area (Å²) in [6.07, 6.45) is 1.55. The van der Waals surface area contributed by atoms with Crippen molar-refractivity contribution in [2.24, 2.45) is 0 Å². The van der Waals surface area contributed by atoms with E-state index in [0.717, 1.165) is 11.1 Å². The van der Waals surface area contributed by atoms with Crippen LogP contribution in [0.15, 0.2) is 78.5 Å². The molecule has 1 unspecified atom stereocenters. The normalized spacial score (nSPS) is 13.1. The summed E-state index contributed by atoms with van der Waals surface area (Å²) in [7, 11) is 0. The third-order valence-corrected chi connectivity index (χ3v) is 5.40. The summed E-state index contributed by atoms with van der Waals surface area (Å²) in [6, 6.07) is 19.7. The number of carbonyl (C=O) groups is 3. The van der Waals surface area contributed by atoms with Crippen molar-refractivity contribution in [3.63, 3.8) is 0 Å². The van der Waals surface area contributed by atoms with Crippen LogP contribution < -0.4 is 20.1 Å². The van der Waals surface area contributed by atoms with Crippen molar-refractivity contribution in [3.8, 4) is 11.5 Å². The molecule has 35 heavy (non-hydrogen) atoms. The number of hydrogen-bond donors (Lipinski definition) is 3. The van der Waals surface area contributed by atoms with Gasteiger partial charge in [-0.15, -0.1) is 0 Å². The minimum Gasteiger partial charge on any atom is -0.480 e. The van der Waals surface area contributed by atoms with E-state index in [1.807, 2.05) is 13.0 Å². The Kier molecular flexibility index (Phi) is 7.11. The number of nitrogens with one attached hydrogen (secondary N) is 2. The monoisotopic (exact) mass is 472 g/mol. The van der Waals surface area contributed by atoms with Crippen molar-refractivity contribution >= 4 is 23.9 Å². The summed E-state index contributed by atoms with van der Waals surface area (Å²) in [5, 5.41) is 14.8. The minimum absolute atomic E-state index is 0.0884. The number of aliphatic carboxylic acids is 1. The first-order valence-corrected chi connectivity index (χ1v) is 11.0. The van der Waals surface area contributed by atoms with E-state index in [1.165, 1.54) is 6.08 Å². The van der Waals surface area contributed by atoms with E-state index >= 15 is 0 Å². The van der Waals surface area contributed by atoms with Gasteiger partial charge in [-0.1, -0.05) is 54.1 Å². The van der Waals surface area contributed by atoms with E-state index in [4.69, 9.17) is 9.47 Å². The van der Waals surface area contributed by atoms with Crippen molar-refractivity contribution in [3.05, 3.63) is 101 Å². The number of carboxylic acid groups (broad SMARTS) is 1. The average molecular weight is 472 g/mol. The first-order chi connectivity index (χ1) is 16.9. The van der Waals surface area contributed by atoms with Crippen LogP contribution in [0.4, 0.5) is 0 Å². The lowest BCUT2D eigenvalue weighted by molar-refractivity contribution is -0.141. The Balaban J connectivity index is 1.60. The highest BCUT2D eigenvalue weighted by atomic mass is 16.7. The van der Waals surface area contributed by atoms with Crippen molar-refractivity contribution < 1.29 is 29.0 Å². The number of carbonyl (C=O) groups excluding carboxylic acids is 2. The molecule has 1 aliphatic heterocycles. The van der Waals surface area contributed by atoms with Crippen LogP contribution in [-0.4, -0.2) is 35.7 Å². The molecule has 0 fully saturated rings. The van der Waals surface area contributed by atoms with Crippen LogP contribution in [0, 0.1) is 6.92 Å². The lowest BCUT2D eigenvalue weighted by atomic mass is 10.1. The number of hydrogen-bond acceptors (Lipinski definition) is 5. The number of ether oxygens (including phenoxy) is 2. The highest BCUT2D eigenvalue weighted by Crippen LogP contribution is 2.33. The zero-order chi connectivity index (χ0) is 24.8. The Bertz CT molecular complexity index is 1270. The van der Waals surface area contributed by atoms with Crippen LogP contribution in [0.25, 0.3) is 6.08 Å². The SMILES string of the molecule is Cc1ccc(C(=O)N/C(=C\c2ccc3c(c2)OCO3)C(=O)NC(Cc2ccccc2)C(=O)O)cc1. The largest absolute Gasteiger partial charge is 0.480 e. The highest BCUT2D eigenvalue weighted by Gasteiger charge is 2.24. The summed E-state index contributed by atoms with van der Waals surface area (Å²) in [6.45, 7) is 2.00. The molecule has 0 saturated carbocycles. The van der Waals surface area contributed by atoms with Crippen LogP contribution in [0.5, 0.6) is 11.5 Å². The topological polar surface area (TPSA) is 114 Å². The predicted octanol–water partition coefficient (Wildman–Crippen LogP) is 3.31. The number of fused-ring (bicyclic) bond motifs is 1. The molecule has 4 rings (SSSR count). The highest BCUT2D eigenvalue weighted by molar-refractivity contribution is 6.06. The molecule has 0 spiro atoms. The maximum absolute atomic E-state index is 13.2. The number of amides is 2. The second kappa shape index (κ2) is 10.6. The zero-order valence-corrected chi connectivity index (χ0v) is 19.0. The van der Waals surface area contributed by atoms with E-state index in [2.05, 4.69) is 10.6 Å². The van der Waals surface area contributed by atoms with Crippen LogP contribution >= 0.6 is 0 Å². The van der Waals surface area contributed by atoms with Gasteiger partial charge in [0.15, 0.2) is 11.5 Å². The van der Waals surface area contributed by atoms with E-state index in [0.29, 0.717) is 22.6 Å². The van der Waals surface area contributed by atoms with Crippen LogP contribution in [0.2, 0.25) is 0 Å². The molecule has 0 aromatic heterocycles. The second-order valence-electron chi connectivity index (χ2n) is 8.04. The molecule has 0 bridgehead atoms. The lowest BCUT2D eigenvalue weighted by Gasteiger charge is -2.17. The molecular formula is C27H24N2O6. The van der Waals surface area contributed by atoms with E-state index in [1.54, 1.807) is 66.7 Å². The molecule has 1 atom stereocenters. The molecule has 2 amide bonds. The minimum atomic E-state index is -1.19. The molecule has 8 nitrogen and oxygen atoms in total. The van der Waals surface area contributed by atoms with Crippen molar-refractivity contribution in [2.45, 2.75) is 19.4 Å². The molecular weight excluding hydrogens is 448 g/mol. The molecule has 178 valence electrons. The van der Waals surface area contributed by atoms with Gasteiger partial charge in [-0.2, -0.15) is 0 Å². The fourth-order valence-corrected chi connectivity index (χ4v) is 3.51. The molecule has 0 saturated heterocycles. The molecule has 1 heterocycles. The van der Waals surface area contributed by atoms with E-state index in [-0.39, 0.29) is 18.9 Å². The zero-order valence-electron chi connectivity index (χ0n) is 19.0. The molecule has 1 aliphatic rings. The lowest BCUT2D eigenvalue weighted by Crippen LogP contribution is -2.45. The average Bonchev–Trinajstić information content (AvgIpc) is 3.32. The maximum Gasteiger partial charge on any atom is 0.326 e. The third-order valence-electron chi connectivity index (χ3n) is 5.40. The summed E-state index contributed by atoms with van der Waals surface area (Å²) in [5.41, 5.74) is 2.57. The van der Waals surface area contributed by atoms with Gasteiger partial charge >= 0.3 is 5.97 Å². The third kappa shape index (κ3) is 6.05. The Morgan fingerprint density at radius 1 is 0.971 bits per heavy atom. The first-order valence-electron chi connectivity index (χ1n) is 11.0. The maximum atomic E-state index is 13.2. The van der Waals surface area contributed by atoms with E-state index in [9.17, 15) is 19.5 Å². The van der Waals surface area contributed by atoms with Crippen LogP contribution in [0.3, 0.4) is 0 Å². The standard InChI is InChI=1S/C27H24N2O6/c1-17-7-10-20(11-8-17)25(30)28-21(14-19-9-12-23-24(15-19)35-16-34-23)26(31)29-22(27(32)33)13-18-5-3-2-4-6-18/h2-12,14-15,22H,13,16H2,1H3,(H,28,30)(H,29,31)(H,32,33)/b21-14-. The van der Waals surface area contributed by atoms with Crippen LogP contribution in [0.1, 0.15) is 27.0 Å². The Labute approximate surface area is 202 Å². The van der Waals surface area contributed by atoms with Crippen molar-refractivity contribution in [1.29, 1.82) is 0 Å². The quantitative estimate of drug-likeness (QED) is 0.434.